The first-order valence-electron chi connectivity index (χ1n) is 9.05. The monoisotopic (exact) mass is 359 g/mol. The zero-order valence-electron chi connectivity index (χ0n) is 16.8. The Labute approximate surface area is 148 Å². The van der Waals surface area contributed by atoms with Crippen LogP contribution in [0.4, 0.5) is 4.79 Å². The SMILES string of the molecule is CC(C)(C)OC(=O)N1CC[C@H](O[Si](C)(C)C(C)(C)C)C[C@@H]1CCO. The maximum atomic E-state index is 12.4. The Hall–Kier alpha value is -0.593. The molecular weight excluding hydrogens is 322 g/mol. The number of rotatable bonds is 4. The van der Waals surface area contributed by atoms with Gasteiger partial charge in [-0.05, 0) is 58.2 Å². The summed E-state index contributed by atoms with van der Waals surface area (Å²) in [6, 6.07) is -0.0200. The molecule has 0 aromatic rings. The van der Waals surface area contributed by atoms with Gasteiger partial charge in [-0.1, -0.05) is 20.8 Å². The van der Waals surface area contributed by atoms with E-state index < -0.39 is 13.9 Å². The first kappa shape index (κ1) is 21.4. The van der Waals surface area contributed by atoms with Crippen LogP contribution >= 0.6 is 0 Å². The van der Waals surface area contributed by atoms with Gasteiger partial charge in [0.25, 0.3) is 0 Å². The highest BCUT2D eigenvalue weighted by atomic mass is 28.4. The van der Waals surface area contributed by atoms with Crippen molar-refractivity contribution in [1.29, 1.82) is 0 Å². The van der Waals surface area contributed by atoms with Gasteiger partial charge in [-0.15, -0.1) is 0 Å². The molecule has 1 heterocycles. The number of carbonyl (C=O) groups excluding carboxylic acids is 1. The van der Waals surface area contributed by atoms with E-state index in [0.29, 0.717) is 13.0 Å². The zero-order chi connectivity index (χ0) is 18.8. The minimum Gasteiger partial charge on any atom is -0.444 e. The van der Waals surface area contributed by atoms with Crippen molar-refractivity contribution < 1.29 is 19.1 Å². The molecule has 0 aromatic carbocycles. The normalized spacial score (nSPS) is 23.3. The quantitative estimate of drug-likeness (QED) is 0.766. The van der Waals surface area contributed by atoms with Gasteiger partial charge in [0.15, 0.2) is 8.32 Å². The fraction of sp³-hybridized carbons (Fsp3) is 0.944. The summed E-state index contributed by atoms with van der Waals surface area (Å²) in [5.74, 6) is 0. The molecule has 1 saturated heterocycles. The number of likely N-dealkylation sites (tertiary alicyclic amines) is 1. The summed E-state index contributed by atoms with van der Waals surface area (Å²) in [4.78, 5) is 14.2. The topological polar surface area (TPSA) is 59.0 Å². The summed E-state index contributed by atoms with van der Waals surface area (Å²) in [6.07, 6.45) is 2.03. The molecule has 0 bridgehead atoms. The number of amides is 1. The highest BCUT2D eigenvalue weighted by Crippen LogP contribution is 2.39. The molecule has 0 spiro atoms. The van der Waals surface area contributed by atoms with Crippen LogP contribution in [0.1, 0.15) is 60.8 Å². The maximum absolute atomic E-state index is 12.4. The lowest BCUT2D eigenvalue weighted by Gasteiger charge is -2.44. The van der Waals surface area contributed by atoms with Crippen molar-refractivity contribution in [3.63, 3.8) is 0 Å². The van der Waals surface area contributed by atoms with Gasteiger partial charge < -0.3 is 19.2 Å². The van der Waals surface area contributed by atoms with Crippen molar-refractivity contribution >= 4 is 14.4 Å². The lowest BCUT2D eigenvalue weighted by Crippen LogP contribution is -2.53. The highest BCUT2D eigenvalue weighted by Gasteiger charge is 2.42. The van der Waals surface area contributed by atoms with E-state index in [0.717, 1.165) is 12.8 Å². The van der Waals surface area contributed by atoms with Crippen LogP contribution in [0.15, 0.2) is 0 Å². The second-order valence-electron chi connectivity index (χ2n) is 9.36. The Kier molecular flexibility index (Phi) is 6.92. The van der Waals surface area contributed by atoms with Crippen LogP contribution in [0.2, 0.25) is 18.1 Å². The van der Waals surface area contributed by atoms with E-state index in [-0.39, 0.29) is 29.9 Å². The van der Waals surface area contributed by atoms with Crippen molar-refractivity contribution in [2.75, 3.05) is 13.2 Å². The third kappa shape index (κ3) is 6.04. The van der Waals surface area contributed by atoms with Gasteiger partial charge >= 0.3 is 6.09 Å². The molecule has 6 heteroatoms. The van der Waals surface area contributed by atoms with Crippen LogP contribution in [0.25, 0.3) is 0 Å². The highest BCUT2D eigenvalue weighted by molar-refractivity contribution is 6.74. The third-order valence-corrected chi connectivity index (χ3v) is 9.56. The van der Waals surface area contributed by atoms with Gasteiger partial charge in [-0.25, -0.2) is 4.79 Å². The Balaban J connectivity index is 2.77. The van der Waals surface area contributed by atoms with Crippen LogP contribution in [-0.4, -0.2) is 55.3 Å². The molecule has 0 radical (unpaired) electrons. The Morgan fingerprint density at radius 3 is 2.25 bits per heavy atom. The summed E-state index contributed by atoms with van der Waals surface area (Å²) >= 11 is 0. The Morgan fingerprint density at radius 2 is 1.79 bits per heavy atom. The Morgan fingerprint density at radius 1 is 1.21 bits per heavy atom. The number of nitrogens with zero attached hydrogens (tertiary/aromatic N) is 1. The molecule has 142 valence electrons. The molecule has 0 unspecified atom stereocenters. The summed E-state index contributed by atoms with van der Waals surface area (Å²) < 4.78 is 12.0. The molecule has 0 aliphatic carbocycles. The van der Waals surface area contributed by atoms with E-state index in [2.05, 4.69) is 33.9 Å². The summed E-state index contributed by atoms with van der Waals surface area (Å²) in [7, 11) is -1.83. The molecule has 1 fully saturated rings. The Bertz CT molecular complexity index is 426. The van der Waals surface area contributed by atoms with E-state index in [9.17, 15) is 9.90 Å². The number of hydrogen-bond donors (Lipinski definition) is 1. The van der Waals surface area contributed by atoms with E-state index >= 15 is 0 Å². The van der Waals surface area contributed by atoms with Crippen LogP contribution in [-0.2, 0) is 9.16 Å². The minimum absolute atomic E-state index is 0.0200. The molecule has 1 aliphatic rings. The number of ether oxygens (including phenoxy) is 1. The van der Waals surface area contributed by atoms with Crippen molar-refractivity contribution in [3.05, 3.63) is 0 Å². The number of piperidine rings is 1. The number of aliphatic hydroxyl groups excluding tert-OH is 1. The van der Waals surface area contributed by atoms with Crippen LogP contribution in [0.5, 0.6) is 0 Å². The molecular formula is C18H37NO4Si. The standard InChI is InChI=1S/C18H37NO4Si/c1-17(2,3)22-16(21)19-11-9-15(13-14(19)10-12-20)23-24(7,8)18(4,5)6/h14-15,20H,9-13H2,1-8H3/t14-,15-/m0/s1. The average Bonchev–Trinajstić information content (AvgIpc) is 2.35. The van der Waals surface area contributed by atoms with E-state index in [4.69, 9.17) is 9.16 Å². The fourth-order valence-corrected chi connectivity index (χ4v) is 4.10. The van der Waals surface area contributed by atoms with Gasteiger partial charge in [-0.3, -0.25) is 0 Å². The van der Waals surface area contributed by atoms with E-state index in [1.807, 2.05) is 20.8 Å². The average molecular weight is 360 g/mol. The largest absolute Gasteiger partial charge is 0.444 e. The molecule has 0 saturated carbocycles. The second-order valence-corrected chi connectivity index (χ2v) is 14.1. The van der Waals surface area contributed by atoms with Gasteiger partial charge in [0.1, 0.15) is 5.60 Å². The van der Waals surface area contributed by atoms with Gasteiger partial charge in [0, 0.05) is 25.3 Å². The number of aliphatic hydroxyl groups is 1. The second kappa shape index (κ2) is 7.75. The van der Waals surface area contributed by atoms with E-state index in [1.165, 1.54) is 0 Å². The molecule has 0 aromatic heterocycles. The van der Waals surface area contributed by atoms with Gasteiger partial charge in [0.2, 0.25) is 0 Å². The third-order valence-electron chi connectivity index (χ3n) is 5.03. The van der Waals surface area contributed by atoms with E-state index in [1.54, 1.807) is 4.90 Å². The zero-order valence-corrected chi connectivity index (χ0v) is 17.8. The maximum Gasteiger partial charge on any atom is 0.410 e. The lowest BCUT2D eigenvalue weighted by atomic mass is 9.97. The minimum atomic E-state index is -1.83. The van der Waals surface area contributed by atoms with Gasteiger partial charge in [0.05, 0.1) is 0 Å². The predicted molar refractivity (Wildman–Crippen MR) is 99.7 cm³/mol. The summed E-state index contributed by atoms with van der Waals surface area (Å²) in [5, 5.41) is 9.56. The van der Waals surface area contributed by atoms with Crippen LogP contribution in [0, 0.1) is 0 Å². The first-order chi connectivity index (χ1) is 10.8. The lowest BCUT2D eigenvalue weighted by molar-refractivity contribution is -0.00959. The fourth-order valence-electron chi connectivity index (χ4n) is 2.70. The smallest absolute Gasteiger partial charge is 0.410 e. The van der Waals surface area contributed by atoms with Crippen molar-refractivity contribution in [3.8, 4) is 0 Å². The van der Waals surface area contributed by atoms with Crippen LogP contribution < -0.4 is 0 Å². The van der Waals surface area contributed by atoms with Crippen molar-refractivity contribution in [2.45, 2.75) is 96.7 Å². The van der Waals surface area contributed by atoms with Crippen LogP contribution in [0.3, 0.4) is 0 Å². The molecule has 2 atom stereocenters. The first-order valence-corrected chi connectivity index (χ1v) is 12.0. The molecule has 5 nitrogen and oxygen atoms in total. The van der Waals surface area contributed by atoms with Gasteiger partial charge in [-0.2, -0.15) is 0 Å². The number of hydrogen-bond acceptors (Lipinski definition) is 4. The molecule has 1 N–H and O–H groups in total. The number of carbonyl (C=O) groups is 1. The predicted octanol–water partition coefficient (Wildman–Crippen LogP) is 4.16. The molecule has 1 rings (SSSR count). The molecule has 24 heavy (non-hydrogen) atoms. The van der Waals surface area contributed by atoms with Crippen molar-refractivity contribution in [1.82, 2.24) is 4.90 Å². The molecule has 1 aliphatic heterocycles. The summed E-state index contributed by atoms with van der Waals surface area (Å²) in [6.45, 7) is 17.5. The molecule has 1 amide bonds. The summed E-state index contributed by atoms with van der Waals surface area (Å²) in [5.41, 5.74) is -0.505. The van der Waals surface area contributed by atoms with Crippen molar-refractivity contribution in [2.24, 2.45) is 0 Å².